The molecule has 0 aliphatic carbocycles. The van der Waals surface area contributed by atoms with E-state index in [1.54, 1.807) is 18.9 Å². The second-order valence-corrected chi connectivity index (χ2v) is 7.94. The molecule has 0 bridgehead atoms. The van der Waals surface area contributed by atoms with Gasteiger partial charge >= 0.3 is 0 Å². The van der Waals surface area contributed by atoms with Gasteiger partial charge in [-0.1, -0.05) is 0 Å². The molecule has 1 heterocycles. The average molecular weight is 389 g/mol. The SMILES string of the molecule is CCS(=O)(=O)NCCNC(=NC)N1CCN(c2cc(F)ccc2F)CC1. The van der Waals surface area contributed by atoms with Crippen LogP contribution >= 0.6 is 0 Å². The maximum absolute atomic E-state index is 13.9. The number of rotatable bonds is 6. The van der Waals surface area contributed by atoms with Crippen molar-refractivity contribution in [3.05, 3.63) is 29.8 Å². The van der Waals surface area contributed by atoms with E-state index in [4.69, 9.17) is 0 Å². The maximum Gasteiger partial charge on any atom is 0.211 e. The highest BCUT2D eigenvalue weighted by atomic mass is 32.2. The van der Waals surface area contributed by atoms with Crippen LogP contribution in [0.2, 0.25) is 0 Å². The van der Waals surface area contributed by atoms with E-state index in [0.29, 0.717) is 38.7 Å². The Morgan fingerprint density at radius 3 is 2.50 bits per heavy atom. The first-order chi connectivity index (χ1) is 12.4. The molecule has 0 radical (unpaired) electrons. The van der Waals surface area contributed by atoms with Gasteiger partial charge < -0.3 is 15.1 Å². The number of nitrogens with one attached hydrogen (secondary N) is 2. The zero-order valence-corrected chi connectivity index (χ0v) is 15.8. The molecule has 2 N–H and O–H groups in total. The van der Waals surface area contributed by atoms with Gasteiger partial charge in [0.05, 0.1) is 11.4 Å². The van der Waals surface area contributed by atoms with E-state index < -0.39 is 21.7 Å². The Labute approximate surface area is 153 Å². The second-order valence-electron chi connectivity index (χ2n) is 5.84. The summed E-state index contributed by atoms with van der Waals surface area (Å²) in [6.45, 7) is 4.50. The summed E-state index contributed by atoms with van der Waals surface area (Å²) < 4.78 is 52.5. The summed E-state index contributed by atoms with van der Waals surface area (Å²) in [4.78, 5) is 8.00. The van der Waals surface area contributed by atoms with Gasteiger partial charge in [0.25, 0.3) is 0 Å². The van der Waals surface area contributed by atoms with Crippen molar-refractivity contribution in [3.63, 3.8) is 0 Å². The monoisotopic (exact) mass is 389 g/mol. The summed E-state index contributed by atoms with van der Waals surface area (Å²) in [6, 6.07) is 3.44. The largest absolute Gasteiger partial charge is 0.366 e. The molecule has 0 amide bonds. The molecule has 0 unspecified atom stereocenters. The van der Waals surface area contributed by atoms with E-state index in [0.717, 1.165) is 12.1 Å². The van der Waals surface area contributed by atoms with E-state index in [1.165, 1.54) is 6.07 Å². The topological polar surface area (TPSA) is 77.0 Å². The number of nitrogens with zero attached hydrogens (tertiary/aromatic N) is 3. The van der Waals surface area contributed by atoms with Crippen molar-refractivity contribution in [2.45, 2.75) is 6.92 Å². The Kier molecular flexibility index (Phi) is 7.15. The maximum atomic E-state index is 13.9. The van der Waals surface area contributed by atoms with E-state index in [1.807, 2.05) is 4.90 Å². The summed E-state index contributed by atoms with van der Waals surface area (Å²) >= 11 is 0. The molecule has 7 nitrogen and oxygen atoms in total. The lowest BCUT2D eigenvalue weighted by atomic mass is 10.2. The molecule has 10 heteroatoms. The van der Waals surface area contributed by atoms with Crippen molar-refractivity contribution in [1.29, 1.82) is 0 Å². The van der Waals surface area contributed by atoms with Crippen LogP contribution in [0.5, 0.6) is 0 Å². The van der Waals surface area contributed by atoms with Crippen LogP contribution in [0.15, 0.2) is 23.2 Å². The minimum atomic E-state index is -3.21. The first kappa shape index (κ1) is 20.4. The fourth-order valence-corrected chi connectivity index (χ4v) is 3.32. The lowest BCUT2D eigenvalue weighted by molar-refractivity contribution is 0.371. The number of piperazine rings is 1. The Hall–Kier alpha value is -1.94. The summed E-state index contributed by atoms with van der Waals surface area (Å²) in [7, 11) is -1.56. The summed E-state index contributed by atoms with van der Waals surface area (Å²) in [5, 5.41) is 3.11. The molecule has 0 aromatic heterocycles. The van der Waals surface area contributed by atoms with Crippen LogP contribution in [0.4, 0.5) is 14.5 Å². The molecule has 26 heavy (non-hydrogen) atoms. The van der Waals surface area contributed by atoms with Gasteiger partial charge in [-0.2, -0.15) is 0 Å². The average Bonchev–Trinajstić information content (AvgIpc) is 2.64. The Morgan fingerprint density at radius 2 is 1.88 bits per heavy atom. The zero-order chi connectivity index (χ0) is 19.2. The minimum absolute atomic E-state index is 0.0420. The Bertz CT molecular complexity index is 734. The molecular weight excluding hydrogens is 364 g/mol. The van der Waals surface area contributed by atoms with Crippen LogP contribution in [0.3, 0.4) is 0 Å². The van der Waals surface area contributed by atoms with Gasteiger partial charge in [-0.25, -0.2) is 21.9 Å². The van der Waals surface area contributed by atoms with Crippen molar-refractivity contribution in [3.8, 4) is 0 Å². The number of sulfonamides is 1. The smallest absolute Gasteiger partial charge is 0.211 e. The predicted octanol–water partition coefficient (Wildman–Crippen LogP) is 0.602. The van der Waals surface area contributed by atoms with E-state index >= 15 is 0 Å². The number of aliphatic imine (C=N–C) groups is 1. The fourth-order valence-electron chi connectivity index (χ4n) is 2.70. The van der Waals surface area contributed by atoms with Crippen molar-refractivity contribution in [2.75, 3.05) is 57.0 Å². The fraction of sp³-hybridized carbons (Fsp3) is 0.562. The first-order valence-corrected chi connectivity index (χ1v) is 10.1. The van der Waals surface area contributed by atoms with E-state index in [2.05, 4.69) is 15.0 Å². The lowest BCUT2D eigenvalue weighted by Crippen LogP contribution is -2.53. The van der Waals surface area contributed by atoms with Gasteiger partial charge in [-0.15, -0.1) is 0 Å². The zero-order valence-electron chi connectivity index (χ0n) is 15.0. The summed E-state index contributed by atoms with van der Waals surface area (Å²) in [5.74, 6) is -0.207. The van der Waals surface area contributed by atoms with Crippen LogP contribution in [0.25, 0.3) is 0 Å². The summed E-state index contributed by atoms with van der Waals surface area (Å²) in [5.41, 5.74) is 0.265. The third-order valence-corrected chi connectivity index (χ3v) is 5.55. The molecular formula is C16H25F2N5O2S. The second kappa shape index (κ2) is 9.13. The number of benzene rings is 1. The molecule has 0 atom stereocenters. The first-order valence-electron chi connectivity index (χ1n) is 8.49. The van der Waals surface area contributed by atoms with Crippen LogP contribution in [0.1, 0.15) is 6.92 Å². The number of guanidine groups is 1. The molecule has 1 fully saturated rings. The standard InChI is InChI=1S/C16H25F2N5O2S/c1-3-26(24,25)21-7-6-20-16(19-2)23-10-8-22(9-11-23)15-12-13(17)4-5-14(15)18/h4-5,12,21H,3,6-11H2,1-2H3,(H,19,20). The van der Waals surface area contributed by atoms with Crippen molar-refractivity contribution >= 4 is 21.7 Å². The lowest BCUT2D eigenvalue weighted by Gasteiger charge is -2.37. The van der Waals surface area contributed by atoms with Gasteiger partial charge in [0.15, 0.2) is 5.96 Å². The number of anilines is 1. The van der Waals surface area contributed by atoms with Crippen LogP contribution in [-0.2, 0) is 10.0 Å². The molecule has 146 valence electrons. The van der Waals surface area contributed by atoms with E-state index in [-0.39, 0.29) is 18.0 Å². The highest BCUT2D eigenvalue weighted by Crippen LogP contribution is 2.21. The third-order valence-electron chi connectivity index (χ3n) is 4.15. The highest BCUT2D eigenvalue weighted by Gasteiger charge is 2.22. The normalized spacial score (nSPS) is 16.1. The molecule has 1 saturated heterocycles. The highest BCUT2D eigenvalue weighted by molar-refractivity contribution is 7.89. The van der Waals surface area contributed by atoms with Gasteiger partial charge in [0.2, 0.25) is 10.0 Å². The van der Waals surface area contributed by atoms with Gasteiger partial charge in [0, 0.05) is 52.4 Å². The molecule has 0 saturated carbocycles. The molecule has 1 aliphatic heterocycles. The van der Waals surface area contributed by atoms with E-state index in [9.17, 15) is 17.2 Å². The van der Waals surface area contributed by atoms with Crippen molar-refractivity contribution < 1.29 is 17.2 Å². The minimum Gasteiger partial charge on any atom is -0.366 e. The Morgan fingerprint density at radius 1 is 1.19 bits per heavy atom. The third kappa shape index (κ3) is 5.53. The summed E-state index contributed by atoms with van der Waals surface area (Å²) in [6.07, 6.45) is 0. The number of halogens is 2. The number of hydrogen-bond donors (Lipinski definition) is 2. The molecule has 1 aromatic carbocycles. The quantitative estimate of drug-likeness (QED) is 0.423. The Balaban J connectivity index is 1.84. The van der Waals surface area contributed by atoms with Crippen molar-refractivity contribution in [2.24, 2.45) is 4.99 Å². The van der Waals surface area contributed by atoms with Crippen LogP contribution in [-0.4, -0.2) is 71.3 Å². The molecule has 0 spiro atoms. The van der Waals surface area contributed by atoms with Crippen LogP contribution < -0.4 is 14.9 Å². The molecule has 1 aliphatic rings. The molecule has 1 aromatic rings. The van der Waals surface area contributed by atoms with Gasteiger partial charge in [0.1, 0.15) is 11.6 Å². The predicted molar refractivity (Wildman–Crippen MR) is 99.0 cm³/mol. The van der Waals surface area contributed by atoms with Gasteiger partial charge in [-0.05, 0) is 19.1 Å². The number of hydrogen-bond acceptors (Lipinski definition) is 4. The van der Waals surface area contributed by atoms with Crippen LogP contribution in [0, 0.1) is 11.6 Å². The molecule has 2 rings (SSSR count). The van der Waals surface area contributed by atoms with Gasteiger partial charge in [-0.3, -0.25) is 4.99 Å². The van der Waals surface area contributed by atoms with Crippen molar-refractivity contribution in [1.82, 2.24) is 14.9 Å².